The van der Waals surface area contributed by atoms with Gasteiger partial charge in [0.1, 0.15) is 0 Å². The number of hydrogen-bond acceptors (Lipinski definition) is 3. The predicted octanol–water partition coefficient (Wildman–Crippen LogP) is 2.88. The van der Waals surface area contributed by atoms with Crippen molar-refractivity contribution < 1.29 is 9.59 Å². The molecule has 1 aromatic carbocycles. The van der Waals surface area contributed by atoms with Gasteiger partial charge in [-0.25, -0.2) is 0 Å². The number of nitrogens with two attached hydrogens (primary N) is 1. The molecule has 2 N–H and O–H groups in total. The summed E-state index contributed by atoms with van der Waals surface area (Å²) in [5.41, 5.74) is 7.17. The molecule has 2 aliphatic rings. The minimum atomic E-state index is -0.505. The minimum Gasteiger partial charge on any atom is -0.343 e. The van der Waals surface area contributed by atoms with Gasteiger partial charge in [-0.1, -0.05) is 23.7 Å². The summed E-state index contributed by atoms with van der Waals surface area (Å²) in [7, 11) is 0. The average Bonchev–Trinajstić information content (AvgIpc) is 3.06. The molecule has 2 saturated heterocycles. The summed E-state index contributed by atoms with van der Waals surface area (Å²) in [6.45, 7) is 3.32. The van der Waals surface area contributed by atoms with Crippen LogP contribution in [0.25, 0.3) is 0 Å². The molecule has 27 heavy (non-hydrogen) atoms. The van der Waals surface area contributed by atoms with Crippen LogP contribution in [0.5, 0.6) is 0 Å². The van der Waals surface area contributed by atoms with Crippen LogP contribution in [0.1, 0.15) is 37.7 Å². The molecule has 150 valence electrons. The Hall–Kier alpha value is -1.30. The summed E-state index contributed by atoms with van der Waals surface area (Å²) in [6.07, 6.45) is 5.29. The molecule has 2 fully saturated rings. The van der Waals surface area contributed by atoms with E-state index in [9.17, 15) is 9.59 Å². The smallest absolute Gasteiger partial charge is 0.239 e. The standard InChI is InChI=1S/C20H28ClN3O2.ClH/c21-17-5-3-16(4-6-17)14-18(22)20(26)24-12-8-15(9-13-24)7-11-23-10-1-2-19(23)25;/h3-6,15,18H,1-2,7-14,22H2;1H/t18-;/m1./s1. The van der Waals surface area contributed by atoms with E-state index < -0.39 is 6.04 Å². The van der Waals surface area contributed by atoms with Crippen LogP contribution in [-0.4, -0.2) is 53.8 Å². The normalized spacial score (nSPS) is 19.1. The van der Waals surface area contributed by atoms with Crippen molar-refractivity contribution in [1.82, 2.24) is 9.80 Å². The van der Waals surface area contributed by atoms with Crippen LogP contribution in [0.2, 0.25) is 5.02 Å². The number of rotatable bonds is 6. The first-order chi connectivity index (χ1) is 12.5. The highest BCUT2D eigenvalue weighted by atomic mass is 35.5. The van der Waals surface area contributed by atoms with Crippen molar-refractivity contribution in [3.63, 3.8) is 0 Å². The highest BCUT2D eigenvalue weighted by molar-refractivity contribution is 6.30. The van der Waals surface area contributed by atoms with Gasteiger partial charge in [-0.15, -0.1) is 12.4 Å². The lowest BCUT2D eigenvalue weighted by molar-refractivity contribution is -0.134. The average molecular weight is 414 g/mol. The second-order valence-electron chi connectivity index (χ2n) is 7.48. The fraction of sp³-hybridized carbons (Fsp3) is 0.600. The van der Waals surface area contributed by atoms with Gasteiger partial charge in [0.2, 0.25) is 11.8 Å². The Balaban J connectivity index is 0.00000261. The summed E-state index contributed by atoms with van der Waals surface area (Å²) in [5, 5.41) is 0.686. The molecule has 0 aliphatic carbocycles. The molecule has 3 rings (SSSR count). The van der Waals surface area contributed by atoms with Crippen molar-refractivity contribution in [2.75, 3.05) is 26.2 Å². The van der Waals surface area contributed by atoms with Gasteiger partial charge in [0.25, 0.3) is 0 Å². The molecule has 1 aromatic rings. The van der Waals surface area contributed by atoms with Crippen LogP contribution < -0.4 is 5.73 Å². The van der Waals surface area contributed by atoms with Crippen molar-refractivity contribution >= 4 is 35.8 Å². The first-order valence-corrected chi connectivity index (χ1v) is 9.97. The number of amides is 2. The molecule has 0 spiro atoms. The fourth-order valence-electron chi connectivity index (χ4n) is 3.92. The highest BCUT2D eigenvalue weighted by Crippen LogP contribution is 2.23. The first-order valence-electron chi connectivity index (χ1n) is 9.59. The van der Waals surface area contributed by atoms with Crippen molar-refractivity contribution in [3.8, 4) is 0 Å². The van der Waals surface area contributed by atoms with Gasteiger partial charge in [-0.05, 0) is 55.7 Å². The summed E-state index contributed by atoms with van der Waals surface area (Å²) >= 11 is 5.89. The fourth-order valence-corrected chi connectivity index (χ4v) is 4.04. The summed E-state index contributed by atoms with van der Waals surface area (Å²) in [4.78, 5) is 28.2. The molecule has 1 atom stereocenters. The number of carbonyl (C=O) groups is 2. The van der Waals surface area contributed by atoms with Crippen LogP contribution in [0.3, 0.4) is 0 Å². The van der Waals surface area contributed by atoms with Gasteiger partial charge in [-0.3, -0.25) is 9.59 Å². The molecular formula is C20H29Cl2N3O2. The predicted molar refractivity (Wildman–Crippen MR) is 110 cm³/mol. The van der Waals surface area contributed by atoms with E-state index >= 15 is 0 Å². The third-order valence-electron chi connectivity index (χ3n) is 5.59. The molecule has 2 aliphatic heterocycles. The molecule has 7 heteroatoms. The number of likely N-dealkylation sites (tertiary alicyclic amines) is 2. The van der Waals surface area contributed by atoms with E-state index in [0.29, 0.717) is 29.7 Å². The zero-order chi connectivity index (χ0) is 18.5. The Bertz CT molecular complexity index is 631. The minimum absolute atomic E-state index is 0. The van der Waals surface area contributed by atoms with Gasteiger partial charge in [0, 0.05) is 37.6 Å². The Morgan fingerprint density at radius 3 is 2.44 bits per heavy atom. The van der Waals surface area contributed by atoms with Crippen molar-refractivity contribution in [1.29, 1.82) is 0 Å². The molecule has 0 bridgehead atoms. The van der Waals surface area contributed by atoms with E-state index in [1.807, 2.05) is 34.1 Å². The van der Waals surface area contributed by atoms with Crippen molar-refractivity contribution in [3.05, 3.63) is 34.9 Å². The van der Waals surface area contributed by atoms with E-state index in [4.69, 9.17) is 17.3 Å². The maximum atomic E-state index is 12.6. The van der Waals surface area contributed by atoms with Crippen LogP contribution in [0.4, 0.5) is 0 Å². The lowest BCUT2D eigenvalue weighted by Gasteiger charge is -2.34. The largest absolute Gasteiger partial charge is 0.343 e. The second-order valence-corrected chi connectivity index (χ2v) is 7.92. The Morgan fingerprint density at radius 1 is 1.19 bits per heavy atom. The number of benzene rings is 1. The summed E-state index contributed by atoms with van der Waals surface area (Å²) < 4.78 is 0. The number of piperidine rings is 1. The Labute approximate surface area is 172 Å². The van der Waals surface area contributed by atoms with Gasteiger partial charge < -0.3 is 15.5 Å². The highest BCUT2D eigenvalue weighted by Gasteiger charge is 2.27. The molecule has 5 nitrogen and oxygen atoms in total. The number of carbonyl (C=O) groups excluding carboxylic acids is 2. The Morgan fingerprint density at radius 2 is 1.85 bits per heavy atom. The third kappa shape index (κ3) is 6.09. The zero-order valence-corrected chi connectivity index (χ0v) is 17.2. The van der Waals surface area contributed by atoms with E-state index in [1.54, 1.807) is 0 Å². The quantitative estimate of drug-likeness (QED) is 0.779. The number of nitrogens with zero attached hydrogens (tertiary/aromatic N) is 2. The van der Waals surface area contributed by atoms with Gasteiger partial charge in [-0.2, -0.15) is 0 Å². The topological polar surface area (TPSA) is 66.6 Å². The maximum Gasteiger partial charge on any atom is 0.239 e. The van der Waals surface area contributed by atoms with Gasteiger partial charge in [0.15, 0.2) is 0 Å². The lowest BCUT2D eigenvalue weighted by atomic mass is 9.92. The first kappa shape index (κ1) is 22.0. The zero-order valence-electron chi connectivity index (χ0n) is 15.6. The Kier molecular flexibility index (Phi) is 8.39. The van der Waals surface area contributed by atoms with E-state index in [1.165, 1.54) is 0 Å². The molecule has 0 aromatic heterocycles. The van der Waals surface area contributed by atoms with Crippen molar-refractivity contribution in [2.24, 2.45) is 11.7 Å². The van der Waals surface area contributed by atoms with Crippen LogP contribution in [0.15, 0.2) is 24.3 Å². The molecule has 0 unspecified atom stereocenters. The van der Waals surface area contributed by atoms with Gasteiger partial charge >= 0.3 is 0 Å². The summed E-state index contributed by atoms with van der Waals surface area (Å²) in [5.74, 6) is 0.929. The van der Waals surface area contributed by atoms with E-state index in [2.05, 4.69) is 0 Å². The van der Waals surface area contributed by atoms with Crippen molar-refractivity contribution in [2.45, 2.75) is 44.6 Å². The number of halogens is 2. The SMILES string of the molecule is Cl.N[C@H](Cc1ccc(Cl)cc1)C(=O)N1CCC(CCN2CCCC2=O)CC1. The second kappa shape index (κ2) is 10.3. The molecular weight excluding hydrogens is 385 g/mol. The van der Waals surface area contributed by atoms with Crippen LogP contribution in [0, 0.1) is 5.92 Å². The molecule has 2 heterocycles. The third-order valence-corrected chi connectivity index (χ3v) is 5.84. The maximum absolute atomic E-state index is 12.6. The van der Waals surface area contributed by atoms with Crippen LogP contribution >= 0.6 is 24.0 Å². The van der Waals surface area contributed by atoms with E-state index in [0.717, 1.165) is 57.4 Å². The number of hydrogen-bond donors (Lipinski definition) is 1. The van der Waals surface area contributed by atoms with Crippen LogP contribution in [-0.2, 0) is 16.0 Å². The lowest BCUT2D eigenvalue weighted by Crippen LogP contribution is -2.48. The molecule has 2 amide bonds. The monoisotopic (exact) mass is 413 g/mol. The molecule has 0 radical (unpaired) electrons. The molecule has 0 saturated carbocycles. The van der Waals surface area contributed by atoms with E-state index in [-0.39, 0.29) is 18.3 Å². The summed E-state index contributed by atoms with van der Waals surface area (Å²) in [6, 6.07) is 6.98. The van der Waals surface area contributed by atoms with Gasteiger partial charge in [0.05, 0.1) is 6.04 Å².